The third-order valence-corrected chi connectivity index (χ3v) is 4.41. The lowest BCUT2D eigenvalue weighted by molar-refractivity contribution is 0.634. The molecule has 5 heteroatoms. The quantitative estimate of drug-likeness (QED) is 0.874. The molecule has 0 saturated carbocycles. The first kappa shape index (κ1) is 12.5. The lowest BCUT2D eigenvalue weighted by Crippen LogP contribution is -2.28. The zero-order valence-corrected chi connectivity index (χ0v) is 11.5. The van der Waals surface area contributed by atoms with Crippen LogP contribution in [0.5, 0.6) is 0 Å². The van der Waals surface area contributed by atoms with Gasteiger partial charge in [-0.25, -0.2) is 4.98 Å². The number of hydrogen-bond donors (Lipinski definition) is 1. The molecule has 1 aromatic rings. The van der Waals surface area contributed by atoms with Crippen molar-refractivity contribution in [2.45, 2.75) is 25.0 Å². The van der Waals surface area contributed by atoms with Crippen LogP contribution in [0, 0.1) is 0 Å². The number of nitrogens with one attached hydrogen (secondary N) is 1. The minimum absolute atomic E-state index is 0.378. The molecular formula is C12H20N4S. The van der Waals surface area contributed by atoms with Gasteiger partial charge in [0.1, 0.15) is 11.6 Å². The van der Waals surface area contributed by atoms with Crippen molar-refractivity contribution in [3.8, 4) is 0 Å². The summed E-state index contributed by atoms with van der Waals surface area (Å²) in [6, 6.07) is 0. The Morgan fingerprint density at radius 2 is 2.18 bits per heavy atom. The second kappa shape index (κ2) is 5.12. The SMILES string of the molecule is CNc1cncc(N2CCSC(C)(C)CC2)n1. The number of anilines is 2. The molecule has 0 aliphatic carbocycles. The van der Waals surface area contributed by atoms with Crippen LogP contribution in [0.1, 0.15) is 20.3 Å². The third-order valence-electron chi connectivity index (χ3n) is 3.04. The molecule has 0 radical (unpaired) electrons. The van der Waals surface area contributed by atoms with E-state index in [4.69, 9.17) is 0 Å². The molecule has 1 aliphatic rings. The summed E-state index contributed by atoms with van der Waals surface area (Å²) in [4.78, 5) is 11.1. The fourth-order valence-electron chi connectivity index (χ4n) is 1.88. The largest absolute Gasteiger partial charge is 0.372 e. The van der Waals surface area contributed by atoms with Crippen molar-refractivity contribution < 1.29 is 0 Å². The number of hydrogen-bond acceptors (Lipinski definition) is 5. The first-order chi connectivity index (χ1) is 8.11. The fourth-order valence-corrected chi connectivity index (χ4v) is 2.98. The van der Waals surface area contributed by atoms with Crippen molar-refractivity contribution in [1.82, 2.24) is 9.97 Å². The van der Waals surface area contributed by atoms with Gasteiger partial charge in [0.15, 0.2) is 0 Å². The van der Waals surface area contributed by atoms with E-state index in [1.165, 1.54) is 6.42 Å². The summed E-state index contributed by atoms with van der Waals surface area (Å²) in [5.41, 5.74) is 0. The van der Waals surface area contributed by atoms with Crippen LogP contribution < -0.4 is 10.2 Å². The summed E-state index contributed by atoms with van der Waals surface area (Å²) in [6.45, 7) is 6.74. The van der Waals surface area contributed by atoms with E-state index >= 15 is 0 Å². The van der Waals surface area contributed by atoms with Crippen LogP contribution in [0.2, 0.25) is 0 Å². The van der Waals surface area contributed by atoms with E-state index in [-0.39, 0.29) is 0 Å². The summed E-state index contributed by atoms with van der Waals surface area (Å²) < 4.78 is 0.378. The maximum atomic E-state index is 4.55. The normalized spacial score (nSPS) is 19.8. The smallest absolute Gasteiger partial charge is 0.149 e. The van der Waals surface area contributed by atoms with Gasteiger partial charge < -0.3 is 10.2 Å². The molecule has 1 fully saturated rings. The lowest BCUT2D eigenvalue weighted by atomic mass is 10.1. The van der Waals surface area contributed by atoms with Crippen molar-refractivity contribution in [3.05, 3.63) is 12.4 Å². The van der Waals surface area contributed by atoms with Crippen molar-refractivity contribution in [1.29, 1.82) is 0 Å². The van der Waals surface area contributed by atoms with Crippen LogP contribution >= 0.6 is 11.8 Å². The van der Waals surface area contributed by atoms with Gasteiger partial charge in [0.05, 0.1) is 12.4 Å². The Bertz CT molecular complexity index is 381. The fraction of sp³-hybridized carbons (Fsp3) is 0.667. The number of thioether (sulfide) groups is 1. The Balaban J connectivity index is 2.11. The Labute approximate surface area is 107 Å². The second-order valence-electron chi connectivity index (χ2n) is 4.86. The van der Waals surface area contributed by atoms with E-state index in [2.05, 4.69) is 34.0 Å². The Hall–Kier alpha value is -0.970. The second-order valence-corrected chi connectivity index (χ2v) is 6.66. The predicted octanol–water partition coefficient (Wildman–Crippen LogP) is 2.24. The molecule has 0 spiro atoms. The molecule has 94 valence electrons. The molecule has 0 amide bonds. The lowest BCUT2D eigenvalue weighted by Gasteiger charge is -2.23. The van der Waals surface area contributed by atoms with Gasteiger partial charge in [-0.2, -0.15) is 11.8 Å². The van der Waals surface area contributed by atoms with Gasteiger partial charge in [-0.1, -0.05) is 13.8 Å². The first-order valence-electron chi connectivity index (χ1n) is 5.99. The molecule has 17 heavy (non-hydrogen) atoms. The topological polar surface area (TPSA) is 41.1 Å². The standard InChI is InChI=1S/C12H20N4S/c1-12(2)4-5-16(6-7-17-12)11-9-14-8-10(13-3)15-11/h8-9H,4-7H2,1-3H3,(H,13,15). The molecule has 0 unspecified atom stereocenters. The average molecular weight is 252 g/mol. The molecule has 0 aromatic carbocycles. The minimum atomic E-state index is 0.378. The Kier molecular flexibility index (Phi) is 3.76. The summed E-state index contributed by atoms with van der Waals surface area (Å²) in [7, 11) is 1.87. The summed E-state index contributed by atoms with van der Waals surface area (Å²) in [5.74, 6) is 2.96. The van der Waals surface area contributed by atoms with E-state index < -0.39 is 0 Å². The van der Waals surface area contributed by atoms with Crippen LogP contribution in [0.25, 0.3) is 0 Å². The highest BCUT2D eigenvalue weighted by Gasteiger charge is 2.24. The molecule has 0 atom stereocenters. The first-order valence-corrected chi connectivity index (χ1v) is 6.98. The molecule has 4 nitrogen and oxygen atoms in total. The third kappa shape index (κ3) is 3.25. The Morgan fingerprint density at radius 1 is 1.35 bits per heavy atom. The molecule has 0 bridgehead atoms. The summed E-state index contributed by atoms with van der Waals surface area (Å²) in [5, 5.41) is 3.03. The zero-order valence-electron chi connectivity index (χ0n) is 10.7. The van der Waals surface area contributed by atoms with Crippen molar-refractivity contribution >= 4 is 23.4 Å². The van der Waals surface area contributed by atoms with Gasteiger partial charge in [-0.15, -0.1) is 0 Å². The molecule has 2 heterocycles. The van der Waals surface area contributed by atoms with Crippen LogP contribution in [-0.4, -0.2) is 40.6 Å². The van der Waals surface area contributed by atoms with Gasteiger partial charge in [-0.3, -0.25) is 4.98 Å². The summed E-state index contributed by atoms with van der Waals surface area (Å²) >= 11 is 2.04. The molecular weight excluding hydrogens is 232 g/mol. The van der Waals surface area contributed by atoms with Crippen LogP contribution in [-0.2, 0) is 0 Å². The zero-order chi connectivity index (χ0) is 12.3. The maximum Gasteiger partial charge on any atom is 0.149 e. The van der Waals surface area contributed by atoms with E-state index in [1.807, 2.05) is 25.0 Å². The number of aromatic nitrogens is 2. The Morgan fingerprint density at radius 3 is 2.94 bits per heavy atom. The molecule has 1 saturated heterocycles. The van der Waals surface area contributed by atoms with E-state index in [1.54, 1.807) is 6.20 Å². The van der Waals surface area contributed by atoms with Gasteiger partial charge in [0.2, 0.25) is 0 Å². The molecule has 1 aromatic heterocycles. The van der Waals surface area contributed by atoms with Gasteiger partial charge in [-0.05, 0) is 6.42 Å². The van der Waals surface area contributed by atoms with Gasteiger partial charge in [0, 0.05) is 30.6 Å². The van der Waals surface area contributed by atoms with E-state index in [0.717, 1.165) is 30.5 Å². The van der Waals surface area contributed by atoms with Crippen LogP contribution in [0.15, 0.2) is 12.4 Å². The van der Waals surface area contributed by atoms with Gasteiger partial charge in [0.25, 0.3) is 0 Å². The molecule has 1 N–H and O–H groups in total. The maximum absolute atomic E-state index is 4.55. The van der Waals surface area contributed by atoms with E-state index in [0.29, 0.717) is 4.75 Å². The van der Waals surface area contributed by atoms with Crippen LogP contribution in [0.4, 0.5) is 11.6 Å². The monoisotopic (exact) mass is 252 g/mol. The highest BCUT2D eigenvalue weighted by atomic mass is 32.2. The van der Waals surface area contributed by atoms with Crippen LogP contribution in [0.3, 0.4) is 0 Å². The molecule has 1 aliphatic heterocycles. The van der Waals surface area contributed by atoms with Crippen molar-refractivity contribution in [2.75, 3.05) is 36.1 Å². The highest BCUT2D eigenvalue weighted by molar-refractivity contribution is 8.00. The van der Waals surface area contributed by atoms with E-state index in [9.17, 15) is 0 Å². The summed E-state index contributed by atoms with van der Waals surface area (Å²) in [6.07, 6.45) is 4.78. The van der Waals surface area contributed by atoms with Crippen molar-refractivity contribution in [3.63, 3.8) is 0 Å². The minimum Gasteiger partial charge on any atom is -0.372 e. The number of rotatable bonds is 2. The number of nitrogens with zero attached hydrogens (tertiary/aromatic N) is 3. The van der Waals surface area contributed by atoms with Crippen molar-refractivity contribution in [2.24, 2.45) is 0 Å². The molecule has 2 rings (SSSR count). The van der Waals surface area contributed by atoms with Gasteiger partial charge >= 0.3 is 0 Å². The average Bonchev–Trinajstić information content (AvgIpc) is 2.50. The predicted molar refractivity (Wildman–Crippen MR) is 74.9 cm³/mol. The highest BCUT2D eigenvalue weighted by Crippen LogP contribution is 2.31.